The van der Waals surface area contributed by atoms with Gasteiger partial charge in [0.25, 0.3) is 11.5 Å². The molecule has 8 rings (SSSR count). The highest BCUT2D eigenvalue weighted by Gasteiger charge is 2.42. The molecule has 0 unspecified atom stereocenters. The lowest BCUT2D eigenvalue weighted by Crippen LogP contribution is -2.53. The predicted octanol–water partition coefficient (Wildman–Crippen LogP) is 4.90. The molecule has 0 saturated carbocycles. The van der Waals surface area contributed by atoms with Gasteiger partial charge in [-0.2, -0.15) is 0 Å². The van der Waals surface area contributed by atoms with Gasteiger partial charge in [-0.05, 0) is 89.9 Å². The first-order chi connectivity index (χ1) is 26.1. The Morgan fingerprint density at radius 2 is 1.69 bits per heavy atom. The Hall–Kier alpha value is -4.72. The van der Waals surface area contributed by atoms with Gasteiger partial charge >= 0.3 is 0 Å². The Bertz CT molecular complexity index is 2200. The van der Waals surface area contributed by atoms with E-state index in [1.807, 2.05) is 78.4 Å². The van der Waals surface area contributed by atoms with Crippen molar-refractivity contribution in [3.8, 4) is 10.6 Å². The monoisotopic (exact) mass is 748 g/mol. The number of piperidine rings is 3. The number of hydrogen-bond acceptors (Lipinski definition) is 9. The van der Waals surface area contributed by atoms with Gasteiger partial charge in [-0.15, -0.1) is 11.3 Å². The van der Waals surface area contributed by atoms with Crippen LogP contribution in [-0.4, -0.2) is 108 Å². The van der Waals surface area contributed by atoms with Crippen LogP contribution in [0.15, 0.2) is 72.0 Å². The molecule has 0 spiro atoms. The molecule has 1 aromatic carbocycles. The molecule has 3 aliphatic heterocycles. The number of amides is 2. The highest BCUT2D eigenvalue weighted by Crippen LogP contribution is 2.37. The van der Waals surface area contributed by atoms with E-state index in [9.17, 15) is 19.5 Å². The molecule has 3 aliphatic rings. The van der Waals surface area contributed by atoms with Gasteiger partial charge in [0.05, 0.1) is 23.2 Å². The largest absolute Gasteiger partial charge is 0.388 e. The zero-order valence-electron chi connectivity index (χ0n) is 31.2. The van der Waals surface area contributed by atoms with E-state index < -0.39 is 5.60 Å². The zero-order valence-corrected chi connectivity index (χ0v) is 32.0. The Morgan fingerprint density at radius 1 is 0.926 bits per heavy atom. The maximum Gasteiger partial charge on any atom is 0.265 e. The molecule has 0 bridgehead atoms. The summed E-state index contributed by atoms with van der Waals surface area (Å²) in [6.45, 7) is 7.64. The smallest absolute Gasteiger partial charge is 0.265 e. The molecule has 5 aromatic rings. The van der Waals surface area contributed by atoms with Crippen molar-refractivity contribution in [2.75, 3.05) is 46.3 Å². The van der Waals surface area contributed by atoms with E-state index in [1.54, 1.807) is 12.5 Å². The van der Waals surface area contributed by atoms with Gasteiger partial charge in [0.2, 0.25) is 5.91 Å². The van der Waals surface area contributed by atoms with Crippen LogP contribution in [0.1, 0.15) is 70.7 Å². The normalized spacial score (nSPS) is 21.1. The number of carbonyl (C=O) groups excluding carboxylic acids is 2. The summed E-state index contributed by atoms with van der Waals surface area (Å²) in [5.41, 5.74) is 2.94. The Kier molecular flexibility index (Phi) is 9.97. The van der Waals surface area contributed by atoms with Crippen LogP contribution in [0.3, 0.4) is 0 Å². The summed E-state index contributed by atoms with van der Waals surface area (Å²) < 4.78 is 3.67. The number of aryl methyl sites for hydroxylation is 2. The Balaban J connectivity index is 0.939. The van der Waals surface area contributed by atoms with Gasteiger partial charge in [-0.1, -0.05) is 30.3 Å². The number of aliphatic hydroxyl groups is 1. The van der Waals surface area contributed by atoms with Crippen molar-refractivity contribution in [3.05, 3.63) is 99.4 Å². The fraction of sp³-hybridized carbons (Fsp3) is 0.463. The fourth-order valence-corrected chi connectivity index (χ4v) is 9.56. The number of nitrogens with zero attached hydrogens (tertiary/aromatic N) is 8. The molecule has 3 saturated heterocycles. The topological polar surface area (TPSA) is 130 Å². The average molecular weight is 749 g/mol. The maximum absolute atomic E-state index is 14.3. The van der Waals surface area contributed by atoms with Crippen molar-refractivity contribution in [2.24, 2.45) is 5.92 Å². The molecule has 54 heavy (non-hydrogen) atoms. The van der Waals surface area contributed by atoms with Gasteiger partial charge in [0.1, 0.15) is 21.9 Å². The van der Waals surface area contributed by atoms with Crippen molar-refractivity contribution in [1.82, 2.24) is 38.8 Å². The number of thiazole rings is 1. The predicted molar refractivity (Wildman–Crippen MR) is 209 cm³/mol. The number of benzene rings is 1. The van der Waals surface area contributed by atoms with Gasteiger partial charge in [-0.25, -0.2) is 9.97 Å². The molecular formula is C41H48N8O4S. The second-order valence-corrected chi connectivity index (χ2v) is 16.5. The van der Waals surface area contributed by atoms with Gasteiger partial charge in [0.15, 0.2) is 0 Å². The molecule has 4 aromatic heterocycles. The fourth-order valence-electron chi connectivity index (χ4n) is 8.53. The van der Waals surface area contributed by atoms with E-state index >= 15 is 0 Å². The summed E-state index contributed by atoms with van der Waals surface area (Å²) in [5.74, 6) is -0.490. The number of carbonyl (C=O) groups is 2. The first-order valence-corrected chi connectivity index (χ1v) is 19.9. The van der Waals surface area contributed by atoms with Crippen molar-refractivity contribution < 1.29 is 14.7 Å². The van der Waals surface area contributed by atoms with Crippen LogP contribution in [0.25, 0.3) is 21.6 Å². The third kappa shape index (κ3) is 7.12. The Morgan fingerprint density at radius 3 is 2.41 bits per heavy atom. The summed E-state index contributed by atoms with van der Waals surface area (Å²) in [6.07, 6.45) is 8.62. The number of pyridine rings is 1. The van der Waals surface area contributed by atoms with Gasteiger partial charge < -0.3 is 24.4 Å². The lowest BCUT2D eigenvalue weighted by Gasteiger charge is -2.43. The van der Waals surface area contributed by atoms with Crippen LogP contribution in [0.2, 0.25) is 0 Å². The third-order valence-corrected chi connectivity index (χ3v) is 13.0. The molecule has 7 heterocycles. The minimum atomic E-state index is -1.14. The summed E-state index contributed by atoms with van der Waals surface area (Å²) in [7, 11) is 2.13. The number of likely N-dealkylation sites (tertiary alicyclic amines) is 3. The summed E-state index contributed by atoms with van der Waals surface area (Å²) in [4.78, 5) is 62.4. The first kappa shape index (κ1) is 36.3. The maximum atomic E-state index is 14.3. The number of fused-ring (bicyclic) bond motifs is 1. The van der Waals surface area contributed by atoms with Crippen LogP contribution in [0.5, 0.6) is 0 Å². The molecule has 1 N–H and O–H groups in total. The molecule has 2 atom stereocenters. The average Bonchev–Trinajstić information content (AvgIpc) is 3.80. The lowest BCUT2D eigenvalue weighted by molar-refractivity contribution is -0.142. The number of rotatable bonds is 7. The van der Waals surface area contributed by atoms with Crippen LogP contribution < -0.4 is 5.56 Å². The number of hydrogen-bond donors (Lipinski definition) is 1. The van der Waals surface area contributed by atoms with Crippen molar-refractivity contribution in [3.63, 3.8) is 0 Å². The highest BCUT2D eigenvalue weighted by molar-refractivity contribution is 7.17. The SMILES string of the molecule is Cc1ccc(-c2nc(C)c(C(=O)N3CC[C@@H](C(=O)N4CCC(O)(Cn5cnc6c(ccn6C6CCN(C)CC6)c5=O)CC4)[C@H](c4ccccc4)C3)s2)cn1. The van der Waals surface area contributed by atoms with E-state index in [-0.39, 0.29) is 35.8 Å². The second-order valence-electron chi connectivity index (χ2n) is 15.5. The minimum absolute atomic E-state index is 0.0524. The molecule has 12 nitrogen and oxygen atoms in total. The van der Waals surface area contributed by atoms with Crippen LogP contribution in [-0.2, 0) is 11.3 Å². The summed E-state index contributed by atoms with van der Waals surface area (Å²) in [6, 6.07) is 16.1. The van der Waals surface area contributed by atoms with Crippen molar-refractivity contribution in [2.45, 2.75) is 70.1 Å². The van der Waals surface area contributed by atoms with E-state index in [1.165, 1.54) is 15.9 Å². The molecule has 0 radical (unpaired) electrons. The lowest BCUT2D eigenvalue weighted by atomic mass is 9.79. The molecule has 2 amide bonds. The first-order valence-electron chi connectivity index (χ1n) is 19.1. The van der Waals surface area contributed by atoms with E-state index in [0.29, 0.717) is 73.1 Å². The molecule has 0 aliphatic carbocycles. The summed E-state index contributed by atoms with van der Waals surface area (Å²) >= 11 is 1.39. The molecule has 3 fully saturated rings. The van der Waals surface area contributed by atoms with Gasteiger partial charge in [-0.3, -0.25) is 23.9 Å². The second kappa shape index (κ2) is 14.8. The quantitative estimate of drug-likeness (QED) is 0.249. The van der Waals surface area contributed by atoms with Crippen LogP contribution >= 0.6 is 11.3 Å². The molecule has 13 heteroatoms. The van der Waals surface area contributed by atoms with Crippen molar-refractivity contribution in [1.29, 1.82) is 0 Å². The highest BCUT2D eigenvalue weighted by atomic mass is 32.1. The minimum Gasteiger partial charge on any atom is -0.388 e. The van der Waals surface area contributed by atoms with Crippen LogP contribution in [0, 0.1) is 19.8 Å². The molecular weight excluding hydrogens is 701 g/mol. The summed E-state index contributed by atoms with van der Waals surface area (Å²) in [5, 5.41) is 13.1. The number of aromatic nitrogens is 5. The van der Waals surface area contributed by atoms with Crippen LogP contribution in [0.4, 0.5) is 0 Å². The van der Waals surface area contributed by atoms with E-state index in [2.05, 4.69) is 21.5 Å². The van der Waals surface area contributed by atoms with Crippen molar-refractivity contribution >= 4 is 34.2 Å². The van der Waals surface area contributed by atoms with E-state index in [0.717, 1.165) is 47.8 Å². The van der Waals surface area contributed by atoms with E-state index in [4.69, 9.17) is 9.97 Å². The standard InChI is InChI=1S/C41H48N8O4S/c1-27-9-10-30(23-42-27)37-44-28(2)35(54-37)40(52)47-19-13-32(34(24-47)29-7-5-4-6-8-29)38(50)46-21-15-41(53,16-22-46)25-48-26-43-36-33(39(48)51)14-20-49(36)31-11-17-45(3)18-12-31/h4-10,14,20,23,26,31-32,34,53H,11-13,15-19,21-22,24-25H2,1-3H3/t32-,34+/m1/s1. The van der Waals surface area contributed by atoms with Gasteiger partial charge in [0, 0.05) is 67.7 Å². The molecule has 282 valence electrons. The zero-order chi connectivity index (χ0) is 37.6. The third-order valence-electron chi connectivity index (χ3n) is 11.8. The Labute approximate surface area is 319 Å².